The van der Waals surface area contributed by atoms with Gasteiger partial charge in [-0.3, -0.25) is 5.41 Å². The average molecular weight is 261 g/mol. The number of benzene rings is 1. The van der Waals surface area contributed by atoms with E-state index in [1.807, 2.05) is 26.0 Å². The van der Waals surface area contributed by atoms with Gasteiger partial charge in [0, 0.05) is 24.3 Å². The Kier molecular flexibility index (Phi) is 4.10. The smallest absolute Gasteiger partial charge is 0.123 e. The Bertz CT molecular complexity index is 462. The fraction of sp³-hybridized carbons (Fsp3) is 0.533. The van der Waals surface area contributed by atoms with Gasteiger partial charge in [0.2, 0.25) is 0 Å². The van der Waals surface area contributed by atoms with Crippen molar-refractivity contribution in [2.24, 2.45) is 11.7 Å². The Hall–Kier alpha value is -1.55. The number of amidine groups is 1. The fourth-order valence-corrected chi connectivity index (χ4v) is 2.79. The Morgan fingerprint density at radius 3 is 2.53 bits per heavy atom. The van der Waals surface area contributed by atoms with Crippen LogP contribution in [-0.4, -0.2) is 30.1 Å². The summed E-state index contributed by atoms with van der Waals surface area (Å²) >= 11 is 0. The van der Waals surface area contributed by atoms with E-state index in [9.17, 15) is 5.11 Å². The summed E-state index contributed by atoms with van der Waals surface area (Å²) in [4.78, 5) is 2.34. The number of aliphatic hydroxyl groups is 1. The van der Waals surface area contributed by atoms with Crippen LogP contribution < -0.4 is 10.6 Å². The number of aliphatic hydroxyl groups excluding tert-OH is 1. The summed E-state index contributed by atoms with van der Waals surface area (Å²) < 4.78 is 0. The molecule has 0 bridgehead atoms. The molecule has 2 rings (SSSR count). The van der Waals surface area contributed by atoms with Gasteiger partial charge in [0.1, 0.15) is 5.84 Å². The maximum Gasteiger partial charge on any atom is 0.123 e. The molecular formula is C15H23N3O. The molecule has 1 heterocycles. The molecule has 1 saturated heterocycles. The van der Waals surface area contributed by atoms with E-state index in [1.54, 1.807) is 0 Å². The van der Waals surface area contributed by atoms with E-state index in [0.29, 0.717) is 5.92 Å². The fourth-order valence-electron chi connectivity index (χ4n) is 2.79. The number of nitrogens with two attached hydrogens (primary N) is 1. The molecule has 1 atom stereocenters. The van der Waals surface area contributed by atoms with Crippen molar-refractivity contribution in [2.75, 3.05) is 18.0 Å². The summed E-state index contributed by atoms with van der Waals surface area (Å²) in [5.74, 6) is 0.547. The Morgan fingerprint density at radius 1 is 1.42 bits per heavy atom. The van der Waals surface area contributed by atoms with Crippen molar-refractivity contribution in [3.63, 3.8) is 0 Å². The lowest BCUT2D eigenvalue weighted by Gasteiger charge is -2.35. The Morgan fingerprint density at radius 2 is 2.05 bits per heavy atom. The molecule has 4 heteroatoms. The van der Waals surface area contributed by atoms with Gasteiger partial charge in [0.15, 0.2) is 0 Å². The van der Waals surface area contributed by atoms with Crippen molar-refractivity contribution in [1.82, 2.24) is 0 Å². The molecule has 0 aromatic heterocycles. The van der Waals surface area contributed by atoms with Gasteiger partial charge >= 0.3 is 0 Å². The minimum Gasteiger partial charge on any atom is -0.393 e. The highest BCUT2D eigenvalue weighted by molar-refractivity contribution is 5.96. The normalized spacial score (nSPS) is 18.4. The molecule has 0 radical (unpaired) electrons. The molecule has 1 aromatic carbocycles. The molecular weight excluding hydrogens is 238 g/mol. The van der Waals surface area contributed by atoms with Gasteiger partial charge in [-0.15, -0.1) is 0 Å². The van der Waals surface area contributed by atoms with Crippen LogP contribution in [0.3, 0.4) is 0 Å². The van der Waals surface area contributed by atoms with E-state index in [4.69, 9.17) is 11.1 Å². The predicted octanol–water partition coefficient (Wildman–Crippen LogP) is 1.88. The standard InChI is InChI=1S/C15H23N3O/c1-10-9-13(3-4-14(10)15(16)17)18-7-5-12(6-8-18)11(2)19/h3-4,9,11-12,19H,5-8H2,1-2H3,(H3,16,17). The van der Waals surface area contributed by atoms with Gasteiger partial charge in [-0.1, -0.05) is 0 Å². The van der Waals surface area contributed by atoms with E-state index in [1.165, 1.54) is 5.69 Å². The third-order valence-electron chi connectivity index (χ3n) is 4.09. The second-order valence-electron chi connectivity index (χ2n) is 5.48. The van der Waals surface area contributed by atoms with Gasteiger partial charge in [0.25, 0.3) is 0 Å². The minimum atomic E-state index is -0.205. The summed E-state index contributed by atoms with van der Waals surface area (Å²) in [7, 11) is 0. The number of hydrogen-bond donors (Lipinski definition) is 3. The first-order valence-corrected chi connectivity index (χ1v) is 6.87. The molecule has 1 fully saturated rings. The lowest BCUT2D eigenvalue weighted by Crippen LogP contribution is -2.37. The zero-order valence-corrected chi connectivity index (χ0v) is 11.7. The summed E-state index contributed by atoms with van der Waals surface area (Å²) in [5, 5.41) is 17.1. The monoisotopic (exact) mass is 261 g/mol. The number of rotatable bonds is 3. The highest BCUT2D eigenvalue weighted by Crippen LogP contribution is 2.26. The molecule has 1 aliphatic heterocycles. The molecule has 1 aliphatic rings. The third-order valence-corrected chi connectivity index (χ3v) is 4.09. The van der Waals surface area contributed by atoms with Gasteiger partial charge < -0.3 is 15.7 Å². The summed E-state index contributed by atoms with van der Waals surface area (Å²) in [6.45, 7) is 5.83. The van der Waals surface area contributed by atoms with Crippen LogP contribution in [0.5, 0.6) is 0 Å². The van der Waals surface area contributed by atoms with E-state index >= 15 is 0 Å². The second-order valence-corrected chi connectivity index (χ2v) is 5.48. The number of piperidine rings is 1. The lowest BCUT2D eigenvalue weighted by molar-refractivity contribution is 0.110. The van der Waals surface area contributed by atoms with E-state index < -0.39 is 0 Å². The molecule has 19 heavy (non-hydrogen) atoms. The first-order valence-electron chi connectivity index (χ1n) is 6.87. The van der Waals surface area contributed by atoms with Crippen LogP contribution in [0.1, 0.15) is 30.9 Å². The van der Waals surface area contributed by atoms with Crippen LogP contribution in [-0.2, 0) is 0 Å². The first kappa shape index (κ1) is 13.9. The number of hydrogen-bond acceptors (Lipinski definition) is 3. The minimum absolute atomic E-state index is 0.122. The van der Waals surface area contributed by atoms with Crippen molar-refractivity contribution in [3.05, 3.63) is 29.3 Å². The van der Waals surface area contributed by atoms with Gasteiger partial charge in [0.05, 0.1) is 6.10 Å². The molecule has 0 spiro atoms. The van der Waals surface area contributed by atoms with Crippen molar-refractivity contribution < 1.29 is 5.11 Å². The number of anilines is 1. The topological polar surface area (TPSA) is 73.3 Å². The molecule has 1 unspecified atom stereocenters. The van der Waals surface area contributed by atoms with E-state index in [0.717, 1.165) is 37.1 Å². The van der Waals surface area contributed by atoms with Crippen molar-refractivity contribution in [1.29, 1.82) is 5.41 Å². The number of aryl methyl sites for hydroxylation is 1. The molecule has 4 N–H and O–H groups in total. The molecule has 104 valence electrons. The van der Waals surface area contributed by atoms with Crippen LogP contribution in [0.4, 0.5) is 5.69 Å². The van der Waals surface area contributed by atoms with E-state index in [2.05, 4.69) is 11.0 Å². The molecule has 0 saturated carbocycles. The largest absolute Gasteiger partial charge is 0.393 e. The van der Waals surface area contributed by atoms with Crippen LogP contribution in [0, 0.1) is 18.3 Å². The summed E-state index contributed by atoms with van der Waals surface area (Å²) in [5.41, 5.74) is 8.58. The maximum atomic E-state index is 9.62. The van der Waals surface area contributed by atoms with Crippen LogP contribution in [0.15, 0.2) is 18.2 Å². The quantitative estimate of drug-likeness (QED) is 0.574. The molecule has 4 nitrogen and oxygen atoms in total. The van der Waals surface area contributed by atoms with Gasteiger partial charge in [-0.25, -0.2) is 0 Å². The van der Waals surface area contributed by atoms with Crippen molar-refractivity contribution >= 4 is 11.5 Å². The zero-order valence-electron chi connectivity index (χ0n) is 11.7. The second kappa shape index (κ2) is 5.61. The van der Waals surface area contributed by atoms with E-state index in [-0.39, 0.29) is 11.9 Å². The molecule has 0 amide bonds. The number of nitrogens with zero attached hydrogens (tertiary/aromatic N) is 1. The van der Waals surface area contributed by atoms with Gasteiger partial charge in [-0.2, -0.15) is 0 Å². The first-order chi connectivity index (χ1) is 8.99. The highest BCUT2D eigenvalue weighted by atomic mass is 16.3. The summed E-state index contributed by atoms with van der Waals surface area (Å²) in [6.07, 6.45) is 1.86. The predicted molar refractivity (Wildman–Crippen MR) is 78.8 cm³/mol. The van der Waals surface area contributed by atoms with Crippen LogP contribution in [0.25, 0.3) is 0 Å². The third kappa shape index (κ3) is 3.07. The molecule has 1 aromatic rings. The maximum absolute atomic E-state index is 9.62. The lowest BCUT2D eigenvalue weighted by atomic mass is 9.92. The van der Waals surface area contributed by atoms with Crippen LogP contribution >= 0.6 is 0 Å². The number of nitrogens with one attached hydrogen (secondary N) is 1. The Labute approximate surface area is 114 Å². The molecule has 0 aliphatic carbocycles. The average Bonchev–Trinajstić information content (AvgIpc) is 2.38. The SMILES string of the molecule is Cc1cc(N2CCC(C(C)O)CC2)ccc1C(=N)N. The summed E-state index contributed by atoms with van der Waals surface area (Å²) in [6, 6.07) is 6.06. The zero-order chi connectivity index (χ0) is 14.0. The number of nitrogen functional groups attached to an aromatic ring is 1. The Balaban J connectivity index is 2.08. The van der Waals surface area contributed by atoms with Crippen molar-refractivity contribution in [3.8, 4) is 0 Å². The van der Waals surface area contributed by atoms with Crippen molar-refractivity contribution in [2.45, 2.75) is 32.8 Å². The van der Waals surface area contributed by atoms with Crippen LogP contribution in [0.2, 0.25) is 0 Å². The van der Waals surface area contributed by atoms with Gasteiger partial charge in [-0.05, 0) is 56.4 Å². The highest BCUT2D eigenvalue weighted by Gasteiger charge is 2.22.